The Morgan fingerprint density at radius 1 is 1.33 bits per heavy atom. The molecule has 0 radical (unpaired) electrons. The fourth-order valence-corrected chi connectivity index (χ4v) is 3.00. The number of rotatable bonds is 5. The van der Waals surface area contributed by atoms with Crippen LogP contribution < -0.4 is 10.2 Å². The minimum Gasteiger partial charge on any atom is -0.368 e. The van der Waals surface area contributed by atoms with Crippen molar-refractivity contribution in [3.63, 3.8) is 0 Å². The largest absolute Gasteiger partial charge is 0.368 e. The van der Waals surface area contributed by atoms with Crippen LogP contribution in [-0.2, 0) is 0 Å². The lowest BCUT2D eigenvalue weighted by atomic mass is 9.86. The Morgan fingerprint density at radius 3 is 2.76 bits per heavy atom. The highest BCUT2D eigenvalue weighted by Gasteiger charge is 2.25. The first-order chi connectivity index (χ1) is 10.0. The summed E-state index contributed by atoms with van der Waals surface area (Å²) in [6, 6.07) is 1.21. The van der Waals surface area contributed by atoms with Crippen molar-refractivity contribution in [2.24, 2.45) is 5.92 Å². The second-order valence-corrected chi connectivity index (χ2v) is 6.09. The first kappa shape index (κ1) is 16.0. The van der Waals surface area contributed by atoms with E-state index in [2.05, 4.69) is 17.2 Å². The third-order valence-electron chi connectivity index (χ3n) is 4.24. The molecule has 0 bridgehead atoms. The highest BCUT2D eigenvalue weighted by molar-refractivity contribution is 5.49. The van der Waals surface area contributed by atoms with Gasteiger partial charge < -0.3 is 10.2 Å². The van der Waals surface area contributed by atoms with Gasteiger partial charge in [0.1, 0.15) is 0 Å². The minimum atomic E-state index is -0.630. The summed E-state index contributed by atoms with van der Waals surface area (Å²) in [5.74, 6) is -0.184. The molecule has 3 nitrogen and oxygen atoms in total. The fourth-order valence-electron chi connectivity index (χ4n) is 3.00. The lowest BCUT2D eigenvalue weighted by Gasteiger charge is -2.35. The second kappa shape index (κ2) is 7.05. The minimum absolute atomic E-state index is 0.143. The molecule has 5 heteroatoms. The summed E-state index contributed by atoms with van der Waals surface area (Å²) in [5.41, 5.74) is 0. The first-order valence-electron chi connectivity index (χ1n) is 7.85. The number of pyridine rings is 1. The Labute approximate surface area is 125 Å². The van der Waals surface area contributed by atoms with E-state index in [1.165, 1.54) is 6.42 Å². The Hall–Kier alpha value is -1.39. The molecule has 1 fully saturated rings. The summed E-state index contributed by atoms with van der Waals surface area (Å²) in [7, 11) is 1.86. The Morgan fingerprint density at radius 2 is 2.10 bits per heavy atom. The molecule has 2 unspecified atom stereocenters. The molecule has 118 valence electrons. The van der Waals surface area contributed by atoms with E-state index in [9.17, 15) is 8.78 Å². The molecule has 1 heterocycles. The summed E-state index contributed by atoms with van der Waals surface area (Å²) in [4.78, 5) is 6.05. The lowest BCUT2D eigenvalue weighted by molar-refractivity contribution is 0.334. The molecule has 2 atom stereocenters. The van der Waals surface area contributed by atoms with Gasteiger partial charge in [0.05, 0.1) is 0 Å². The van der Waals surface area contributed by atoms with Gasteiger partial charge in [-0.05, 0) is 25.2 Å². The highest BCUT2D eigenvalue weighted by atomic mass is 19.1. The van der Waals surface area contributed by atoms with Crippen molar-refractivity contribution >= 4 is 11.6 Å². The van der Waals surface area contributed by atoms with Crippen molar-refractivity contribution in [1.82, 2.24) is 4.98 Å². The van der Waals surface area contributed by atoms with Gasteiger partial charge in [0, 0.05) is 25.7 Å². The molecule has 0 aliphatic heterocycles. The maximum Gasteiger partial charge on any atom is 0.168 e. The zero-order valence-corrected chi connectivity index (χ0v) is 13.1. The normalized spacial score (nSPS) is 22.1. The van der Waals surface area contributed by atoms with E-state index >= 15 is 0 Å². The van der Waals surface area contributed by atoms with Gasteiger partial charge in [0.25, 0.3) is 0 Å². The van der Waals surface area contributed by atoms with Crippen LogP contribution in [0.1, 0.15) is 46.0 Å². The van der Waals surface area contributed by atoms with Crippen LogP contribution in [0, 0.1) is 17.6 Å². The number of hydrogen-bond donors (Lipinski definition) is 1. The Balaban J connectivity index is 2.20. The van der Waals surface area contributed by atoms with Crippen LogP contribution in [0.2, 0.25) is 0 Å². The van der Waals surface area contributed by atoms with Crippen molar-refractivity contribution in [3.05, 3.63) is 17.7 Å². The van der Waals surface area contributed by atoms with Crippen LogP contribution in [0.25, 0.3) is 0 Å². The SMILES string of the molecule is CCCNc1nc(N(C)C2CCCC(C)C2)c(F)cc1F. The molecule has 1 aromatic rings. The smallest absolute Gasteiger partial charge is 0.168 e. The average Bonchev–Trinajstić information content (AvgIpc) is 2.46. The predicted octanol–water partition coefficient (Wildman–Crippen LogP) is 4.20. The van der Waals surface area contributed by atoms with Crippen molar-refractivity contribution < 1.29 is 8.78 Å². The Bertz CT molecular complexity index is 479. The van der Waals surface area contributed by atoms with E-state index in [1.54, 1.807) is 0 Å². The third-order valence-corrected chi connectivity index (χ3v) is 4.24. The molecule has 1 saturated carbocycles. The lowest BCUT2D eigenvalue weighted by Crippen LogP contribution is -2.36. The van der Waals surface area contributed by atoms with Crippen LogP contribution >= 0.6 is 0 Å². The van der Waals surface area contributed by atoms with E-state index in [-0.39, 0.29) is 17.7 Å². The average molecular weight is 297 g/mol. The number of aromatic nitrogens is 1. The van der Waals surface area contributed by atoms with Crippen LogP contribution in [0.4, 0.5) is 20.4 Å². The monoisotopic (exact) mass is 297 g/mol. The van der Waals surface area contributed by atoms with Crippen LogP contribution in [0.5, 0.6) is 0 Å². The second-order valence-electron chi connectivity index (χ2n) is 6.09. The highest BCUT2D eigenvalue weighted by Crippen LogP contribution is 2.31. The first-order valence-corrected chi connectivity index (χ1v) is 7.85. The van der Waals surface area contributed by atoms with Gasteiger partial charge >= 0.3 is 0 Å². The molecule has 0 saturated heterocycles. The standard InChI is InChI=1S/C16H25F2N3/c1-4-8-19-15-13(17)10-14(18)16(20-15)21(3)12-7-5-6-11(2)9-12/h10-12H,4-9H2,1-3H3,(H,19,20). The maximum absolute atomic E-state index is 14.1. The van der Waals surface area contributed by atoms with Gasteiger partial charge in [-0.1, -0.05) is 26.7 Å². The van der Waals surface area contributed by atoms with Gasteiger partial charge in [0.2, 0.25) is 0 Å². The molecule has 0 amide bonds. The summed E-state index contributed by atoms with van der Waals surface area (Å²) in [6.07, 6.45) is 5.32. The van der Waals surface area contributed by atoms with E-state index in [0.29, 0.717) is 12.5 Å². The summed E-state index contributed by atoms with van der Waals surface area (Å²) < 4.78 is 27.8. The molecule has 2 rings (SSSR count). The number of hydrogen-bond acceptors (Lipinski definition) is 3. The van der Waals surface area contributed by atoms with Crippen LogP contribution in [-0.4, -0.2) is 24.6 Å². The van der Waals surface area contributed by atoms with Gasteiger partial charge in [0.15, 0.2) is 23.3 Å². The summed E-state index contributed by atoms with van der Waals surface area (Å²) in [6.45, 7) is 4.84. The van der Waals surface area contributed by atoms with Crippen LogP contribution in [0.3, 0.4) is 0 Å². The maximum atomic E-state index is 14.1. The van der Waals surface area contributed by atoms with Gasteiger partial charge in [-0.3, -0.25) is 0 Å². The summed E-state index contributed by atoms with van der Waals surface area (Å²) in [5, 5.41) is 2.92. The quantitative estimate of drug-likeness (QED) is 0.883. The van der Waals surface area contributed by atoms with Crippen LogP contribution in [0.15, 0.2) is 6.07 Å². The Kier molecular flexibility index (Phi) is 5.37. The summed E-state index contributed by atoms with van der Waals surface area (Å²) >= 11 is 0. The number of anilines is 2. The molecule has 1 aliphatic rings. The predicted molar refractivity (Wildman–Crippen MR) is 82.8 cm³/mol. The van der Waals surface area contributed by atoms with Crippen molar-refractivity contribution in [2.45, 2.75) is 52.0 Å². The zero-order valence-electron chi connectivity index (χ0n) is 13.1. The van der Waals surface area contributed by atoms with E-state index in [0.717, 1.165) is 31.7 Å². The third kappa shape index (κ3) is 3.83. The zero-order chi connectivity index (χ0) is 15.4. The fraction of sp³-hybridized carbons (Fsp3) is 0.688. The number of halogens is 2. The topological polar surface area (TPSA) is 28.2 Å². The van der Waals surface area contributed by atoms with Gasteiger partial charge in [-0.25, -0.2) is 13.8 Å². The molecule has 1 aromatic heterocycles. The van der Waals surface area contributed by atoms with E-state index in [4.69, 9.17) is 0 Å². The molecular formula is C16H25F2N3. The number of nitrogens with one attached hydrogen (secondary N) is 1. The molecule has 1 N–H and O–H groups in total. The van der Waals surface area contributed by atoms with E-state index < -0.39 is 11.6 Å². The molecule has 1 aliphatic carbocycles. The van der Waals surface area contributed by atoms with Crippen molar-refractivity contribution in [3.8, 4) is 0 Å². The van der Waals surface area contributed by atoms with Crippen molar-refractivity contribution in [1.29, 1.82) is 0 Å². The van der Waals surface area contributed by atoms with Gasteiger partial charge in [-0.15, -0.1) is 0 Å². The number of nitrogens with zero attached hydrogens (tertiary/aromatic N) is 2. The molecule has 0 spiro atoms. The van der Waals surface area contributed by atoms with Gasteiger partial charge in [-0.2, -0.15) is 0 Å². The molecule has 21 heavy (non-hydrogen) atoms. The molecule has 0 aromatic carbocycles. The van der Waals surface area contributed by atoms with E-state index in [1.807, 2.05) is 18.9 Å². The van der Waals surface area contributed by atoms with Crippen molar-refractivity contribution in [2.75, 3.05) is 23.8 Å². The molecular weight excluding hydrogens is 272 g/mol.